The second-order valence-electron chi connectivity index (χ2n) is 8.44. The van der Waals surface area contributed by atoms with Crippen LogP contribution in [0.15, 0.2) is 46.1 Å². The molecule has 0 N–H and O–H groups in total. The van der Waals surface area contributed by atoms with Crippen molar-refractivity contribution in [3.63, 3.8) is 0 Å². The molecule has 0 saturated carbocycles. The quantitative estimate of drug-likeness (QED) is 0.295. The van der Waals surface area contributed by atoms with Crippen molar-refractivity contribution in [2.75, 3.05) is 5.75 Å². The van der Waals surface area contributed by atoms with Gasteiger partial charge in [0.2, 0.25) is 0 Å². The number of halogens is 7. The average Bonchev–Trinajstić information content (AvgIpc) is 3.18. The maximum absolute atomic E-state index is 14.7. The first kappa shape index (κ1) is 28.3. The summed E-state index contributed by atoms with van der Waals surface area (Å²) in [6.45, 7) is 2.35. The van der Waals surface area contributed by atoms with Crippen LogP contribution in [-0.4, -0.2) is 33.3 Å². The predicted octanol–water partition coefficient (Wildman–Crippen LogP) is 5.45. The Morgan fingerprint density at radius 1 is 0.923 bits per heavy atom. The van der Waals surface area contributed by atoms with E-state index in [4.69, 9.17) is 0 Å². The van der Waals surface area contributed by atoms with E-state index in [0.717, 1.165) is 22.8 Å². The number of alkyl halides is 6. The highest BCUT2D eigenvalue weighted by molar-refractivity contribution is 7.91. The van der Waals surface area contributed by atoms with Gasteiger partial charge in [0.05, 0.1) is 27.4 Å². The lowest BCUT2D eigenvalue weighted by atomic mass is 10.1. The van der Waals surface area contributed by atoms with Gasteiger partial charge in [0.25, 0.3) is 5.56 Å². The van der Waals surface area contributed by atoms with Crippen molar-refractivity contribution >= 4 is 20.9 Å². The Balaban J connectivity index is 2.04. The number of pyridine rings is 2. The fourth-order valence-electron chi connectivity index (χ4n) is 4.14. The molecule has 0 fully saturated rings. The Bertz CT molecular complexity index is 1770. The lowest BCUT2D eigenvalue weighted by Gasteiger charge is -2.14. The molecule has 4 rings (SSSR count). The van der Waals surface area contributed by atoms with Gasteiger partial charge in [-0.3, -0.25) is 4.79 Å². The Labute approximate surface area is 216 Å². The number of imidazole rings is 1. The zero-order valence-corrected chi connectivity index (χ0v) is 21.3. The molecule has 208 valence electrons. The molecule has 0 aliphatic carbocycles. The predicted molar refractivity (Wildman–Crippen MR) is 127 cm³/mol. The molecule has 0 bridgehead atoms. The molecule has 39 heavy (non-hydrogen) atoms. The first-order valence-electron chi connectivity index (χ1n) is 11.3. The van der Waals surface area contributed by atoms with Gasteiger partial charge in [-0.05, 0) is 43.3 Å². The van der Waals surface area contributed by atoms with Crippen molar-refractivity contribution in [1.82, 2.24) is 19.1 Å². The van der Waals surface area contributed by atoms with Gasteiger partial charge in [-0.25, -0.2) is 22.8 Å². The van der Waals surface area contributed by atoms with E-state index in [1.165, 1.54) is 20.9 Å². The lowest BCUT2D eigenvalue weighted by Crippen LogP contribution is -2.28. The summed E-state index contributed by atoms with van der Waals surface area (Å²) in [5.74, 6) is -2.02. The Kier molecular flexibility index (Phi) is 6.86. The minimum atomic E-state index is -4.89. The number of hydrogen-bond acceptors (Lipinski definition) is 5. The molecule has 4 aromatic rings. The summed E-state index contributed by atoms with van der Waals surface area (Å²) in [5.41, 5.74) is -5.28. The summed E-state index contributed by atoms with van der Waals surface area (Å²) in [4.78, 5) is 20.8. The highest BCUT2D eigenvalue weighted by Crippen LogP contribution is 2.36. The minimum Gasteiger partial charge on any atom is -0.321 e. The minimum absolute atomic E-state index is 0.258. The van der Waals surface area contributed by atoms with Crippen LogP contribution in [0.1, 0.15) is 25.1 Å². The van der Waals surface area contributed by atoms with Gasteiger partial charge in [0.1, 0.15) is 22.7 Å². The number of sulfone groups is 1. The third kappa shape index (κ3) is 4.90. The van der Waals surface area contributed by atoms with Crippen LogP contribution in [-0.2, 0) is 35.8 Å². The monoisotopic (exact) mass is 576 g/mol. The molecule has 0 aliphatic heterocycles. The highest BCUT2D eigenvalue weighted by atomic mass is 32.2. The van der Waals surface area contributed by atoms with Crippen molar-refractivity contribution in [3.05, 3.63) is 63.8 Å². The number of benzene rings is 1. The van der Waals surface area contributed by atoms with Crippen LogP contribution in [0.5, 0.6) is 0 Å². The van der Waals surface area contributed by atoms with Gasteiger partial charge in [-0.2, -0.15) is 26.3 Å². The summed E-state index contributed by atoms with van der Waals surface area (Å²) in [7, 11) is -2.77. The Morgan fingerprint density at radius 2 is 1.59 bits per heavy atom. The van der Waals surface area contributed by atoms with Gasteiger partial charge < -0.3 is 9.13 Å². The zero-order valence-electron chi connectivity index (χ0n) is 20.4. The van der Waals surface area contributed by atoms with E-state index in [-0.39, 0.29) is 35.2 Å². The van der Waals surface area contributed by atoms with Gasteiger partial charge in [0, 0.05) is 19.2 Å². The molecule has 0 atom stereocenters. The second kappa shape index (κ2) is 9.47. The Morgan fingerprint density at radius 3 is 2.13 bits per heavy atom. The summed E-state index contributed by atoms with van der Waals surface area (Å²) < 4.78 is 122. The van der Waals surface area contributed by atoms with Crippen molar-refractivity contribution < 1.29 is 39.2 Å². The van der Waals surface area contributed by atoms with Crippen LogP contribution in [0, 0.1) is 5.82 Å². The van der Waals surface area contributed by atoms with E-state index in [1.807, 2.05) is 0 Å². The first-order chi connectivity index (χ1) is 18.0. The molecule has 0 unspecified atom stereocenters. The summed E-state index contributed by atoms with van der Waals surface area (Å²) >= 11 is 0. The Hall–Kier alpha value is -3.75. The van der Waals surface area contributed by atoms with E-state index < -0.39 is 66.7 Å². The molecule has 0 spiro atoms. The van der Waals surface area contributed by atoms with Crippen molar-refractivity contribution in [2.45, 2.75) is 37.6 Å². The van der Waals surface area contributed by atoms with Crippen LogP contribution in [0.4, 0.5) is 30.7 Å². The fraction of sp³-hybridized carbons (Fsp3) is 0.292. The smallest absolute Gasteiger partial charge is 0.321 e. The molecular formula is C24H19F7N4O3S. The van der Waals surface area contributed by atoms with E-state index >= 15 is 0 Å². The molecule has 0 radical (unpaired) electrons. The second-order valence-corrected chi connectivity index (χ2v) is 10.7. The van der Waals surface area contributed by atoms with E-state index in [0.29, 0.717) is 16.7 Å². The molecule has 7 nitrogen and oxygen atoms in total. The molecule has 3 aromatic heterocycles. The summed E-state index contributed by atoms with van der Waals surface area (Å²) in [6.07, 6.45) is -9.71. The van der Waals surface area contributed by atoms with Crippen molar-refractivity contribution in [2.24, 2.45) is 7.05 Å². The molecular weight excluding hydrogens is 557 g/mol. The number of rotatable bonds is 5. The molecule has 3 heterocycles. The summed E-state index contributed by atoms with van der Waals surface area (Å²) in [6, 6.07) is 4.50. The van der Waals surface area contributed by atoms with Crippen LogP contribution >= 0.6 is 0 Å². The highest BCUT2D eigenvalue weighted by Gasteiger charge is 2.36. The molecule has 0 amide bonds. The van der Waals surface area contributed by atoms with Gasteiger partial charge >= 0.3 is 12.4 Å². The van der Waals surface area contributed by atoms with Gasteiger partial charge in [0.15, 0.2) is 15.7 Å². The topological polar surface area (TPSA) is 86.8 Å². The number of aromatic nitrogens is 4. The summed E-state index contributed by atoms with van der Waals surface area (Å²) in [5, 5.41) is 0. The standard InChI is InChI=1S/C24H19F7N4O3S/c1-4-35-18(24(29,30)31)11-16-20(22(35)36)34(3)21(33-16)19-17(39(37,38)5-2)9-8-15(32-19)13-7-6-12(10-14(13)25)23(26,27)28/h6-11H,4-5H2,1-3H3. The normalized spacial score (nSPS) is 12.9. The van der Waals surface area contributed by atoms with E-state index in [1.54, 1.807) is 0 Å². The number of fused-ring (bicyclic) bond motifs is 1. The number of aryl methyl sites for hydroxylation is 1. The van der Waals surface area contributed by atoms with Crippen LogP contribution in [0.3, 0.4) is 0 Å². The van der Waals surface area contributed by atoms with Gasteiger partial charge in [-0.15, -0.1) is 0 Å². The fourth-order valence-corrected chi connectivity index (χ4v) is 5.16. The zero-order chi connectivity index (χ0) is 29.1. The maximum atomic E-state index is 14.7. The number of nitrogens with zero attached hydrogens (tertiary/aromatic N) is 4. The maximum Gasteiger partial charge on any atom is 0.431 e. The third-order valence-corrected chi connectivity index (χ3v) is 7.86. The molecule has 15 heteroatoms. The van der Waals surface area contributed by atoms with Crippen LogP contribution in [0.25, 0.3) is 33.8 Å². The van der Waals surface area contributed by atoms with Crippen LogP contribution < -0.4 is 5.56 Å². The lowest BCUT2D eigenvalue weighted by molar-refractivity contribution is -0.144. The molecule has 1 aromatic carbocycles. The van der Waals surface area contributed by atoms with E-state index in [2.05, 4.69) is 9.97 Å². The van der Waals surface area contributed by atoms with Crippen LogP contribution in [0.2, 0.25) is 0 Å². The average molecular weight is 576 g/mol. The largest absolute Gasteiger partial charge is 0.431 e. The SMILES string of the molecule is CCn1c(C(F)(F)F)cc2nc(-c3nc(-c4ccc(C(F)(F)F)cc4F)ccc3S(=O)(=O)CC)n(C)c2c1=O. The van der Waals surface area contributed by atoms with Gasteiger partial charge in [-0.1, -0.05) is 6.92 Å². The third-order valence-electron chi connectivity index (χ3n) is 6.10. The molecule has 0 aliphatic rings. The first-order valence-corrected chi connectivity index (χ1v) is 12.9. The molecule has 0 saturated heterocycles. The van der Waals surface area contributed by atoms with E-state index in [9.17, 15) is 43.9 Å². The van der Waals surface area contributed by atoms with Crippen molar-refractivity contribution in [3.8, 4) is 22.8 Å². The number of hydrogen-bond donors (Lipinski definition) is 0. The van der Waals surface area contributed by atoms with Crippen molar-refractivity contribution in [1.29, 1.82) is 0 Å².